The van der Waals surface area contributed by atoms with Crippen molar-refractivity contribution in [2.24, 2.45) is 11.7 Å². The van der Waals surface area contributed by atoms with Crippen LogP contribution < -0.4 is 15.8 Å². The lowest BCUT2D eigenvalue weighted by Crippen LogP contribution is -2.42. The Morgan fingerprint density at radius 2 is 1.81 bits per heavy atom. The van der Waals surface area contributed by atoms with Crippen molar-refractivity contribution in [3.63, 3.8) is 0 Å². The summed E-state index contributed by atoms with van der Waals surface area (Å²) in [6, 6.07) is 15.5. The highest BCUT2D eigenvalue weighted by Crippen LogP contribution is 2.26. The molecule has 0 radical (unpaired) electrons. The van der Waals surface area contributed by atoms with Gasteiger partial charge in [-0.2, -0.15) is 0 Å². The number of hydrogen-bond acceptors (Lipinski definition) is 4. The molecule has 3 N–H and O–H groups in total. The van der Waals surface area contributed by atoms with Gasteiger partial charge in [-0.25, -0.2) is 0 Å². The van der Waals surface area contributed by atoms with E-state index < -0.39 is 0 Å². The molecule has 0 spiro atoms. The molecule has 0 aromatic heterocycles. The number of amides is 1. The van der Waals surface area contributed by atoms with Crippen LogP contribution in [0.5, 0.6) is 5.75 Å². The first-order valence-electron chi connectivity index (χ1n) is 9.13. The van der Waals surface area contributed by atoms with Crippen LogP contribution in [0, 0.1) is 5.92 Å². The molecule has 3 rings (SSSR count). The van der Waals surface area contributed by atoms with Crippen molar-refractivity contribution in [2.75, 3.05) is 25.5 Å². The molecule has 5 nitrogen and oxygen atoms in total. The number of ether oxygens (including phenoxy) is 1. The molecule has 138 valence electrons. The van der Waals surface area contributed by atoms with Gasteiger partial charge in [0.2, 0.25) is 0 Å². The number of carbonyl (C=O) groups is 1. The molecule has 2 aromatic carbocycles. The van der Waals surface area contributed by atoms with Crippen molar-refractivity contribution in [3.05, 3.63) is 54.1 Å². The van der Waals surface area contributed by atoms with Crippen molar-refractivity contribution in [1.29, 1.82) is 0 Å². The zero-order chi connectivity index (χ0) is 18.5. The van der Waals surface area contributed by atoms with Crippen molar-refractivity contribution in [3.8, 4) is 5.75 Å². The Morgan fingerprint density at radius 1 is 1.15 bits per heavy atom. The number of methoxy groups -OCH3 is 1. The second-order valence-corrected chi connectivity index (χ2v) is 6.89. The molecule has 1 saturated heterocycles. The summed E-state index contributed by atoms with van der Waals surface area (Å²) in [5, 5.41) is 3.35. The van der Waals surface area contributed by atoms with E-state index in [1.54, 1.807) is 7.11 Å². The molecule has 2 aromatic rings. The maximum absolute atomic E-state index is 13.0. The van der Waals surface area contributed by atoms with Gasteiger partial charge in [0.25, 0.3) is 5.91 Å². The molecule has 1 aliphatic rings. The Kier molecular flexibility index (Phi) is 5.78. The maximum atomic E-state index is 13.0. The summed E-state index contributed by atoms with van der Waals surface area (Å²) in [7, 11) is 1.64. The van der Waals surface area contributed by atoms with E-state index in [0.29, 0.717) is 11.5 Å². The summed E-state index contributed by atoms with van der Waals surface area (Å²) in [5.74, 6) is 1.38. The normalized spacial score (nSPS) is 16.2. The van der Waals surface area contributed by atoms with E-state index in [4.69, 9.17) is 10.5 Å². The van der Waals surface area contributed by atoms with Crippen LogP contribution in [0.15, 0.2) is 48.5 Å². The minimum absolute atomic E-state index is 0.0738. The van der Waals surface area contributed by atoms with Crippen LogP contribution in [0.2, 0.25) is 0 Å². The largest absolute Gasteiger partial charge is 0.497 e. The molecule has 0 bridgehead atoms. The molecule has 5 heteroatoms. The van der Waals surface area contributed by atoms with E-state index in [1.165, 1.54) is 0 Å². The third kappa shape index (κ3) is 4.17. The van der Waals surface area contributed by atoms with Gasteiger partial charge in [-0.1, -0.05) is 12.1 Å². The highest BCUT2D eigenvalue weighted by molar-refractivity contribution is 6.00. The van der Waals surface area contributed by atoms with Crippen LogP contribution in [0.3, 0.4) is 0 Å². The Balaban J connectivity index is 1.73. The van der Waals surface area contributed by atoms with Crippen LogP contribution in [0.25, 0.3) is 0 Å². The second-order valence-electron chi connectivity index (χ2n) is 6.89. The van der Waals surface area contributed by atoms with Gasteiger partial charge in [-0.15, -0.1) is 0 Å². The number of nitrogens with one attached hydrogen (secondary N) is 1. The molecule has 0 aliphatic carbocycles. The number of piperidine rings is 1. The summed E-state index contributed by atoms with van der Waals surface area (Å²) in [4.78, 5) is 15.0. The van der Waals surface area contributed by atoms with Gasteiger partial charge in [-0.05, 0) is 62.1 Å². The molecular formula is C21H27N3O2. The van der Waals surface area contributed by atoms with E-state index in [2.05, 4.69) is 12.2 Å². The molecule has 1 amide bonds. The summed E-state index contributed by atoms with van der Waals surface area (Å²) in [6.45, 7) is 3.58. The summed E-state index contributed by atoms with van der Waals surface area (Å²) in [6.07, 6.45) is 1.94. The molecule has 0 saturated carbocycles. The monoisotopic (exact) mass is 353 g/mol. The Labute approximate surface area is 155 Å². The van der Waals surface area contributed by atoms with Crippen LogP contribution in [-0.4, -0.2) is 37.0 Å². The fourth-order valence-electron chi connectivity index (χ4n) is 3.41. The Bertz CT molecular complexity index is 735. The number of hydrogen-bond donors (Lipinski definition) is 2. The van der Waals surface area contributed by atoms with Gasteiger partial charge in [0.05, 0.1) is 18.4 Å². The fraction of sp³-hybridized carbons (Fsp3) is 0.381. The Morgan fingerprint density at radius 3 is 2.42 bits per heavy atom. The van der Waals surface area contributed by atoms with Gasteiger partial charge >= 0.3 is 0 Å². The lowest BCUT2D eigenvalue weighted by atomic mass is 9.90. The summed E-state index contributed by atoms with van der Waals surface area (Å²) >= 11 is 0. The highest BCUT2D eigenvalue weighted by atomic mass is 16.5. The lowest BCUT2D eigenvalue weighted by molar-refractivity contribution is 0.0682. The summed E-state index contributed by atoms with van der Waals surface area (Å²) in [5.41, 5.74) is 8.44. The number of nitrogens with zero attached hydrogens (tertiary/aromatic N) is 1. The van der Waals surface area contributed by atoms with E-state index in [9.17, 15) is 4.79 Å². The van der Waals surface area contributed by atoms with Crippen molar-refractivity contribution < 1.29 is 9.53 Å². The first kappa shape index (κ1) is 18.3. The van der Waals surface area contributed by atoms with Gasteiger partial charge in [-0.3, -0.25) is 4.79 Å². The van der Waals surface area contributed by atoms with Crippen LogP contribution >= 0.6 is 0 Å². The van der Waals surface area contributed by atoms with Crippen LogP contribution in [0.4, 0.5) is 11.4 Å². The van der Waals surface area contributed by atoms with Crippen molar-refractivity contribution >= 4 is 17.3 Å². The zero-order valence-electron chi connectivity index (χ0n) is 15.4. The van der Waals surface area contributed by atoms with Crippen molar-refractivity contribution in [1.82, 2.24) is 4.90 Å². The number of rotatable bonds is 5. The van der Waals surface area contributed by atoms with Gasteiger partial charge < -0.3 is 20.7 Å². The van der Waals surface area contributed by atoms with Gasteiger partial charge in [0.1, 0.15) is 5.75 Å². The zero-order valence-corrected chi connectivity index (χ0v) is 15.4. The first-order valence-corrected chi connectivity index (χ1v) is 9.13. The second kappa shape index (κ2) is 8.23. The molecule has 1 aliphatic heterocycles. The lowest BCUT2D eigenvalue weighted by Gasteiger charge is -2.34. The van der Waals surface area contributed by atoms with E-state index in [1.807, 2.05) is 53.4 Å². The smallest absolute Gasteiger partial charge is 0.255 e. The topological polar surface area (TPSA) is 67.6 Å². The SMILES string of the molecule is COc1ccc(Nc2ccccc2C(=O)N2CCC(C(C)N)CC2)cc1. The first-order chi connectivity index (χ1) is 12.6. The van der Waals surface area contributed by atoms with E-state index in [-0.39, 0.29) is 11.9 Å². The number of likely N-dealkylation sites (tertiary alicyclic amines) is 1. The van der Waals surface area contributed by atoms with E-state index >= 15 is 0 Å². The molecule has 1 fully saturated rings. The number of nitrogens with two attached hydrogens (primary N) is 1. The number of para-hydroxylation sites is 1. The standard InChI is InChI=1S/C21H27N3O2/c1-15(22)16-11-13-24(14-12-16)21(25)19-5-3-4-6-20(19)23-17-7-9-18(26-2)10-8-17/h3-10,15-16,23H,11-14,22H2,1-2H3. The number of anilines is 2. The van der Waals surface area contributed by atoms with E-state index in [0.717, 1.165) is 43.1 Å². The van der Waals surface area contributed by atoms with Crippen LogP contribution in [-0.2, 0) is 0 Å². The van der Waals surface area contributed by atoms with Crippen LogP contribution in [0.1, 0.15) is 30.1 Å². The third-order valence-corrected chi connectivity index (χ3v) is 5.10. The number of carbonyl (C=O) groups excluding carboxylic acids is 1. The average Bonchev–Trinajstić information content (AvgIpc) is 2.68. The number of benzene rings is 2. The summed E-state index contributed by atoms with van der Waals surface area (Å²) < 4.78 is 5.19. The quantitative estimate of drug-likeness (QED) is 0.861. The van der Waals surface area contributed by atoms with Gasteiger partial charge in [0, 0.05) is 24.8 Å². The highest BCUT2D eigenvalue weighted by Gasteiger charge is 2.26. The predicted molar refractivity (Wildman–Crippen MR) is 105 cm³/mol. The van der Waals surface area contributed by atoms with Crippen molar-refractivity contribution in [2.45, 2.75) is 25.8 Å². The molecular weight excluding hydrogens is 326 g/mol. The maximum Gasteiger partial charge on any atom is 0.255 e. The molecule has 1 unspecified atom stereocenters. The fourth-order valence-corrected chi connectivity index (χ4v) is 3.41. The minimum atomic E-state index is 0.0738. The molecule has 26 heavy (non-hydrogen) atoms. The third-order valence-electron chi connectivity index (χ3n) is 5.10. The van der Waals surface area contributed by atoms with Gasteiger partial charge in [0.15, 0.2) is 0 Å². The average molecular weight is 353 g/mol. The predicted octanol–water partition coefficient (Wildman–Crippen LogP) is 3.64. The molecule has 1 atom stereocenters. The minimum Gasteiger partial charge on any atom is -0.497 e. The Hall–Kier alpha value is -2.53. The molecule has 1 heterocycles.